The Morgan fingerprint density at radius 2 is 1.26 bits per heavy atom. The van der Waals surface area contributed by atoms with Gasteiger partial charge >= 0.3 is 18.2 Å². The summed E-state index contributed by atoms with van der Waals surface area (Å²) in [6.07, 6.45) is 0.895. The average Bonchev–Trinajstić information content (AvgIpc) is 2.69. The van der Waals surface area contributed by atoms with E-state index in [1.54, 1.807) is 96.1 Å². The molecule has 0 unspecified atom stereocenters. The predicted octanol–water partition coefficient (Wildman–Crippen LogP) is 5.03. The van der Waals surface area contributed by atoms with Gasteiger partial charge in [-0.2, -0.15) is 0 Å². The van der Waals surface area contributed by atoms with Crippen LogP contribution in [0.25, 0.3) is 6.08 Å². The van der Waals surface area contributed by atoms with Gasteiger partial charge in [-0.1, -0.05) is 48.5 Å². The van der Waals surface area contributed by atoms with E-state index in [-0.39, 0.29) is 0 Å². The van der Waals surface area contributed by atoms with Crippen LogP contribution in [0.1, 0.15) is 58.2 Å². The largest absolute Gasteiger partial charge is 0.478 e. The highest BCUT2D eigenvalue weighted by Crippen LogP contribution is 2.29. The molecule has 8 heteroatoms. The number of ether oxygens (including phenoxy) is 2. The van der Waals surface area contributed by atoms with Gasteiger partial charge in [-0.3, -0.25) is 10.6 Å². The highest BCUT2D eigenvalue weighted by molar-refractivity contribution is 5.85. The Bertz CT molecular complexity index is 1020. The zero-order chi connectivity index (χ0) is 25.6. The molecule has 8 nitrogen and oxygen atoms in total. The van der Waals surface area contributed by atoms with Crippen molar-refractivity contribution >= 4 is 24.2 Å². The molecular weight excluding hydrogens is 436 g/mol. The lowest BCUT2D eigenvalue weighted by Crippen LogP contribution is -2.60. The first kappa shape index (κ1) is 26.4. The Kier molecular flexibility index (Phi) is 8.10. The first-order chi connectivity index (χ1) is 15.7. The Morgan fingerprint density at radius 3 is 1.74 bits per heavy atom. The van der Waals surface area contributed by atoms with Crippen LogP contribution in [-0.4, -0.2) is 34.5 Å². The molecule has 3 N–H and O–H groups in total. The van der Waals surface area contributed by atoms with Crippen LogP contribution in [0, 0.1) is 0 Å². The van der Waals surface area contributed by atoms with Gasteiger partial charge in [0.25, 0.3) is 0 Å². The second-order valence-electron chi connectivity index (χ2n) is 9.67. The number of carboxylic acid groups (broad SMARTS) is 1. The molecule has 0 saturated carbocycles. The van der Waals surface area contributed by atoms with E-state index >= 15 is 0 Å². The van der Waals surface area contributed by atoms with Crippen LogP contribution in [0.2, 0.25) is 0 Å². The van der Waals surface area contributed by atoms with Gasteiger partial charge in [0.05, 0.1) is 0 Å². The zero-order valence-electron chi connectivity index (χ0n) is 20.3. The highest BCUT2D eigenvalue weighted by Gasteiger charge is 2.40. The first-order valence-corrected chi connectivity index (χ1v) is 10.8. The zero-order valence-corrected chi connectivity index (χ0v) is 20.3. The third-order valence-electron chi connectivity index (χ3n) is 4.32. The van der Waals surface area contributed by atoms with Crippen molar-refractivity contribution in [2.75, 3.05) is 0 Å². The van der Waals surface area contributed by atoms with Crippen molar-refractivity contribution in [2.45, 2.75) is 58.4 Å². The van der Waals surface area contributed by atoms with E-state index in [0.717, 1.165) is 6.08 Å². The van der Waals surface area contributed by atoms with Crippen molar-refractivity contribution in [3.63, 3.8) is 0 Å². The number of rotatable bonds is 6. The monoisotopic (exact) mass is 468 g/mol. The summed E-state index contributed by atoms with van der Waals surface area (Å²) in [5.41, 5.74) is -1.61. The van der Waals surface area contributed by atoms with Gasteiger partial charge in [0.15, 0.2) is 5.66 Å². The fraction of sp³-hybridized carbons (Fsp3) is 0.346. The SMILES string of the molecule is CC(C)(C)OC(=O)NC(NC(=O)OC(C)(C)C)(c1ccccc1)c1cccc(C=CC(=O)O)c1. The van der Waals surface area contributed by atoms with Crippen molar-refractivity contribution in [1.29, 1.82) is 0 Å². The smallest absolute Gasteiger partial charge is 0.410 e. The van der Waals surface area contributed by atoms with Gasteiger partial charge in [0, 0.05) is 17.2 Å². The number of hydrogen-bond acceptors (Lipinski definition) is 5. The van der Waals surface area contributed by atoms with Crippen LogP contribution in [0.15, 0.2) is 60.7 Å². The molecule has 0 aliphatic heterocycles. The molecule has 2 rings (SSSR count). The van der Waals surface area contributed by atoms with E-state index < -0.39 is 35.0 Å². The van der Waals surface area contributed by atoms with Crippen molar-refractivity contribution in [2.24, 2.45) is 0 Å². The Labute approximate surface area is 200 Å². The van der Waals surface area contributed by atoms with Crippen molar-refractivity contribution in [3.05, 3.63) is 77.4 Å². The number of alkyl carbamates (subject to hydrolysis) is 2. The predicted molar refractivity (Wildman–Crippen MR) is 129 cm³/mol. The van der Waals surface area contributed by atoms with Gasteiger partial charge < -0.3 is 14.6 Å². The number of benzene rings is 2. The number of aliphatic carboxylic acids is 1. The minimum atomic E-state index is -1.58. The van der Waals surface area contributed by atoms with Crippen LogP contribution >= 0.6 is 0 Å². The van der Waals surface area contributed by atoms with Crippen LogP contribution in [0.5, 0.6) is 0 Å². The van der Waals surface area contributed by atoms with E-state index in [9.17, 15) is 14.4 Å². The summed E-state index contributed by atoms with van der Waals surface area (Å²) in [6.45, 7) is 10.4. The van der Waals surface area contributed by atoms with Gasteiger partial charge in [-0.25, -0.2) is 14.4 Å². The third-order valence-corrected chi connectivity index (χ3v) is 4.32. The van der Waals surface area contributed by atoms with Crippen LogP contribution in [-0.2, 0) is 19.9 Å². The molecule has 0 aromatic heterocycles. The van der Waals surface area contributed by atoms with Crippen molar-refractivity contribution < 1.29 is 29.0 Å². The minimum absolute atomic E-state index is 0.461. The Hall–Kier alpha value is -3.81. The standard InChI is InChI=1S/C26H32N2O6/c1-24(2,3)33-22(31)27-26(19-12-8-7-9-13-19,28-23(32)34-25(4,5)6)20-14-10-11-18(17-20)15-16-21(29)30/h7-17H,1-6H3,(H,27,31)(H,28,32)(H,29,30). The van der Waals surface area contributed by atoms with Crippen molar-refractivity contribution in [1.82, 2.24) is 10.6 Å². The van der Waals surface area contributed by atoms with Gasteiger partial charge in [0.2, 0.25) is 0 Å². The number of carbonyl (C=O) groups is 3. The summed E-state index contributed by atoms with van der Waals surface area (Å²) >= 11 is 0. The topological polar surface area (TPSA) is 114 Å². The molecule has 0 aliphatic rings. The maximum Gasteiger partial charge on any atom is 0.410 e. The molecule has 182 valence electrons. The number of amides is 2. The molecule has 0 spiro atoms. The van der Waals surface area contributed by atoms with Gasteiger partial charge in [-0.15, -0.1) is 0 Å². The fourth-order valence-electron chi connectivity index (χ4n) is 3.13. The first-order valence-electron chi connectivity index (χ1n) is 10.8. The number of carbonyl (C=O) groups excluding carboxylic acids is 2. The molecule has 0 heterocycles. The molecule has 0 saturated heterocycles. The molecule has 34 heavy (non-hydrogen) atoms. The van der Waals surface area contributed by atoms with Crippen LogP contribution < -0.4 is 10.6 Å². The Morgan fingerprint density at radius 1 is 0.765 bits per heavy atom. The summed E-state index contributed by atoms with van der Waals surface area (Å²) in [5.74, 6) is -1.10. The van der Waals surface area contributed by atoms with E-state index in [2.05, 4.69) is 10.6 Å². The maximum atomic E-state index is 13.0. The quantitative estimate of drug-likeness (QED) is 0.404. The van der Waals surface area contributed by atoms with E-state index in [1.807, 2.05) is 0 Å². The van der Waals surface area contributed by atoms with E-state index in [0.29, 0.717) is 16.7 Å². The number of carboxylic acids is 1. The van der Waals surface area contributed by atoms with Gasteiger partial charge in [-0.05, 0) is 59.2 Å². The lowest BCUT2D eigenvalue weighted by atomic mass is 9.89. The molecule has 2 aromatic carbocycles. The molecule has 2 amide bonds. The minimum Gasteiger partial charge on any atom is -0.478 e. The molecule has 2 aromatic rings. The van der Waals surface area contributed by atoms with E-state index in [1.165, 1.54) is 6.08 Å². The second-order valence-corrected chi connectivity index (χ2v) is 9.67. The molecule has 0 radical (unpaired) electrons. The molecule has 0 fully saturated rings. The Balaban J connectivity index is 2.69. The second kappa shape index (κ2) is 10.4. The lowest BCUT2D eigenvalue weighted by molar-refractivity contribution is -0.131. The molecule has 0 atom stereocenters. The van der Waals surface area contributed by atoms with E-state index in [4.69, 9.17) is 14.6 Å². The fourth-order valence-corrected chi connectivity index (χ4v) is 3.13. The lowest BCUT2D eigenvalue weighted by Gasteiger charge is -2.37. The highest BCUT2D eigenvalue weighted by atomic mass is 16.6. The molecule has 0 aliphatic carbocycles. The summed E-state index contributed by atoms with van der Waals surface area (Å²) < 4.78 is 11.0. The molecular formula is C26H32N2O6. The summed E-state index contributed by atoms with van der Waals surface area (Å²) in [4.78, 5) is 36.9. The van der Waals surface area contributed by atoms with Crippen LogP contribution in [0.3, 0.4) is 0 Å². The average molecular weight is 469 g/mol. The van der Waals surface area contributed by atoms with Crippen LogP contribution in [0.4, 0.5) is 9.59 Å². The number of hydrogen-bond donors (Lipinski definition) is 3. The van der Waals surface area contributed by atoms with Gasteiger partial charge in [0.1, 0.15) is 11.2 Å². The normalized spacial score (nSPS) is 12.2. The summed E-state index contributed by atoms with van der Waals surface area (Å²) in [7, 11) is 0. The maximum absolute atomic E-state index is 13.0. The summed E-state index contributed by atoms with van der Waals surface area (Å²) in [5, 5.41) is 14.6. The molecule has 0 bridgehead atoms. The summed E-state index contributed by atoms with van der Waals surface area (Å²) in [6, 6.07) is 15.6. The number of nitrogens with one attached hydrogen (secondary N) is 2. The third kappa shape index (κ3) is 7.95. The van der Waals surface area contributed by atoms with Crippen molar-refractivity contribution in [3.8, 4) is 0 Å².